The second-order valence-electron chi connectivity index (χ2n) is 7.11. The van der Waals surface area contributed by atoms with Gasteiger partial charge in [0.2, 0.25) is 0 Å². The number of piperidine rings is 1. The first-order chi connectivity index (χ1) is 10.6. The first-order valence-electron chi connectivity index (χ1n) is 8.18. The third kappa shape index (κ3) is 1.78. The normalized spacial score (nSPS) is 36.6. The summed E-state index contributed by atoms with van der Waals surface area (Å²) in [6.45, 7) is 1.44. The molecule has 1 aromatic carbocycles. The van der Waals surface area contributed by atoms with Crippen LogP contribution in [0.2, 0.25) is 0 Å². The van der Waals surface area contributed by atoms with Gasteiger partial charge in [-0.05, 0) is 42.5 Å². The van der Waals surface area contributed by atoms with Crippen LogP contribution in [0.1, 0.15) is 42.4 Å². The van der Waals surface area contributed by atoms with Gasteiger partial charge >= 0.3 is 0 Å². The number of benzene rings is 1. The first kappa shape index (κ1) is 14.4. The average Bonchev–Trinajstić information content (AvgIpc) is 2.49. The lowest BCUT2D eigenvalue weighted by Crippen LogP contribution is -2.72. The van der Waals surface area contributed by atoms with E-state index in [2.05, 4.69) is 23.5 Å². The van der Waals surface area contributed by atoms with Crippen LogP contribution >= 0.6 is 0 Å². The van der Waals surface area contributed by atoms with Crippen molar-refractivity contribution >= 4 is 5.78 Å². The van der Waals surface area contributed by atoms with Gasteiger partial charge < -0.3 is 15.2 Å². The molecule has 118 valence electrons. The Bertz CT molecular complexity index is 629. The maximum absolute atomic E-state index is 12.2. The van der Waals surface area contributed by atoms with Gasteiger partial charge in [0, 0.05) is 31.4 Å². The maximum Gasteiger partial charge on any atom is 0.134 e. The Hall–Kier alpha value is -1.23. The standard InChI is InChI=1S/C18H23NO3/c1-22-11-12-2-3-13-9-16-18(21)5-4-14(20)10-17(18,6-7-19-16)15(13)8-12/h2-3,8,16,19,21H,4-7,9-11H2,1H3/t16-,17-,18-/m1/s1. The van der Waals surface area contributed by atoms with E-state index >= 15 is 0 Å². The molecule has 2 aliphatic carbocycles. The fourth-order valence-corrected chi connectivity index (χ4v) is 5.02. The molecule has 3 atom stereocenters. The van der Waals surface area contributed by atoms with Crippen LogP contribution in [0.25, 0.3) is 0 Å². The molecule has 22 heavy (non-hydrogen) atoms. The number of carbonyl (C=O) groups is 1. The van der Waals surface area contributed by atoms with Gasteiger partial charge in [-0.1, -0.05) is 18.2 Å². The number of nitrogens with one attached hydrogen (secondary N) is 1. The number of methoxy groups -OCH3 is 1. The second-order valence-corrected chi connectivity index (χ2v) is 7.11. The minimum Gasteiger partial charge on any atom is -0.387 e. The summed E-state index contributed by atoms with van der Waals surface area (Å²) in [4.78, 5) is 12.2. The van der Waals surface area contributed by atoms with Crippen LogP contribution in [0.15, 0.2) is 18.2 Å². The van der Waals surface area contributed by atoms with E-state index in [1.165, 1.54) is 11.1 Å². The molecule has 2 fully saturated rings. The van der Waals surface area contributed by atoms with Crippen molar-refractivity contribution in [1.82, 2.24) is 5.32 Å². The third-order valence-corrected chi connectivity index (χ3v) is 6.06. The van der Waals surface area contributed by atoms with Crippen LogP contribution in [0, 0.1) is 0 Å². The fourth-order valence-electron chi connectivity index (χ4n) is 5.02. The highest BCUT2D eigenvalue weighted by Gasteiger charge is 2.62. The number of hydrogen-bond donors (Lipinski definition) is 2. The molecule has 0 radical (unpaired) electrons. The zero-order valence-electron chi connectivity index (χ0n) is 13.0. The number of hydrogen-bond acceptors (Lipinski definition) is 4. The van der Waals surface area contributed by atoms with Gasteiger partial charge in [0.1, 0.15) is 5.78 Å². The quantitative estimate of drug-likeness (QED) is 0.868. The van der Waals surface area contributed by atoms with Crippen molar-refractivity contribution in [3.63, 3.8) is 0 Å². The summed E-state index contributed by atoms with van der Waals surface area (Å²) in [6.07, 6.45) is 3.23. The minimum atomic E-state index is -0.794. The second kappa shape index (κ2) is 4.88. The Balaban J connectivity index is 1.90. The van der Waals surface area contributed by atoms with Gasteiger partial charge in [-0.25, -0.2) is 0 Å². The number of fused-ring (bicyclic) bond motifs is 1. The van der Waals surface area contributed by atoms with Crippen molar-refractivity contribution in [2.45, 2.75) is 55.8 Å². The Kier molecular flexibility index (Phi) is 3.19. The van der Waals surface area contributed by atoms with Crippen molar-refractivity contribution in [1.29, 1.82) is 0 Å². The molecular formula is C18H23NO3. The van der Waals surface area contributed by atoms with E-state index in [1.807, 2.05) is 0 Å². The van der Waals surface area contributed by atoms with Gasteiger partial charge in [0.25, 0.3) is 0 Å². The van der Waals surface area contributed by atoms with Gasteiger partial charge in [0.05, 0.1) is 12.2 Å². The molecule has 1 saturated heterocycles. The summed E-state index contributed by atoms with van der Waals surface area (Å²) in [7, 11) is 1.69. The summed E-state index contributed by atoms with van der Waals surface area (Å²) in [5.74, 6) is 0.287. The summed E-state index contributed by atoms with van der Waals surface area (Å²) in [5, 5.41) is 15.0. The largest absolute Gasteiger partial charge is 0.387 e. The zero-order valence-corrected chi connectivity index (χ0v) is 13.0. The summed E-state index contributed by atoms with van der Waals surface area (Å²) < 4.78 is 5.26. The first-order valence-corrected chi connectivity index (χ1v) is 8.18. The monoisotopic (exact) mass is 301 g/mol. The molecule has 4 rings (SSSR count). The van der Waals surface area contributed by atoms with Gasteiger partial charge in [0.15, 0.2) is 0 Å². The Labute approximate surface area is 130 Å². The highest BCUT2D eigenvalue weighted by Crippen LogP contribution is 2.55. The Morgan fingerprint density at radius 1 is 1.41 bits per heavy atom. The van der Waals surface area contributed by atoms with Crippen molar-refractivity contribution in [3.8, 4) is 0 Å². The summed E-state index contributed by atoms with van der Waals surface area (Å²) >= 11 is 0. The van der Waals surface area contributed by atoms with E-state index in [1.54, 1.807) is 7.11 Å². The predicted octanol–water partition coefficient (Wildman–Crippen LogP) is 1.47. The number of rotatable bonds is 2. The SMILES string of the molecule is COCc1ccc2c(c1)[C@]13CCN[C@H](C2)[C@]1(O)CCC(=O)C3. The zero-order chi connectivity index (χ0) is 15.4. The lowest BCUT2D eigenvalue weighted by Gasteiger charge is -2.60. The van der Waals surface area contributed by atoms with Crippen LogP contribution < -0.4 is 5.32 Å². The lowest BCUT2D eigenvalue weighted by atomic mass is 9.50. The van der Waals surface area contributed by atoms with Gasteiger partial charge in [-0.3, -0.25) is 4.79 Å². The number of ketones is 1. The van der Waals surface area contributed by atoms with Crippen LogP contribution in [0.3, 0.4) is 0 Å². The molecule has 1 heterocycles. The number of Topliss-reactive ketones (excluding diaryl/α,β-unsaturated/α-hetero) is 1. The molecule has 2 bridgehead atoms. The molecule has 1 saturated carbocycles. The fraction of sp³-hybridized carbons (Fsp3) is 0.611. The van der Waals surface area contributed by atoms with E-state index in [-0.39, 0.29) is 11.8 Å². The molecule has 0 spiro atoms. The van der Waals surface area contributed by atoms with Crippen LogP contribution in [-0.2, 0) is 28.0 Å². The number of aliphatic hydroxyl groups is 1. The molecular weight excluding hydrogens is 278 g/mol. The van der Waals surface area contributed by atoms with E-state index in [0.717, 1.165) is 24.9 Å². The highest BCUT2D eigenvalue weighted by atomic mass is 16.5. The molecule has 3 aliphatic rings. The molecule has 1 aromatic rings. The molecule has 2 N–H and O–H groups in total. The lowest BCUT2D eigenvalue weighted by molar-refractivity contribution is -0.149. The average molecular weight is 301 g/mol. The Morgan fingerprint density at radius 3 is 3.09 bits per heavy atom. The van der Waals surface area contributed by atoms with Crippen LogP contribution in [0.5, 0.6) is 0 Å². The van der Waals surface area contributed by atoms with E-state index in [0.29, 0.717) is 25.9 Å². The molecule has 4 heteroatoms. The van der Waals surface area contributed by atoms with Crippen molar-refractivity contribution in [3.05, 3.63) is 34.9 Å². The summed E-state index contributed by atoms with van der Waals surface area (Å²) in [5.41, 5.74) is 2.38. The van der Waals surface area contributed by atoms with Crippen molar-refractivity contribution < 1.29 is 14.6 Å². The van der Waals surface area contributed by atoms with E-state index < -0.39 is 11.0 Å². The summed E-state index contributed by atoms with van der Waals surface area (Å²) in [6, 6.07) is 6.49. The predicted molar refractivity (Wildman–Crippen MR) is 82.8 cm³/mol. The third-order valence-electron chi connectivity index (χ3n) is 6.06. The van der Waals surface area contributed by atoms with Crippen LogP contribution in [0.4, 0.5) is 0 Å². The maximum atomic E-state index is 12.2. The van der Waals surface area contributed by atoms with E-state index in [9.17, 15) is 9.90 Å². The van der Waals surface area contributed by atoms with Gasteiger partial charge in [-0.15, -0.1) is 0 Å². The minimum absolute atomic E-state index is 0.0649. The molecule has 1 aliphatic heterocycles. The highest BCUT2D eigenvalue weighted by molar-refractivity contribution is 5.82. The molecule has 4 nitrogen and oxygen atoms in total. The van der Waals surface area contributed by atoms with Gasteiger partial charge in [-0.2, -0.15) is 0 Å². The van der Waals surface area contributed by atoms with Crippen LogP contribution in [-0.4, -0.2) is 36.2 Å². The molecule has 0 amide bonds. The number of carbonyl (C=O) groups excluding carboxylic acids is 1. The Morgan fingerprint density at radius 2 is 2.27 bits per heavy atom. The number of ether oxygens (including phenoxy) is 1. The van der Waals surface area contributed by atoms with Crippen molar-refractivity contribution in [2.24, 2.45) is 0 Å². The van der Waals surface area contributed by atoms with Crippen molar-refractivity contribution in [2.75, 3.05) is 13.7 Å². The molecule has 0 unspecified atom stereocenters. The molecule has 0 aromatic heterocycles. The van der Waals surface area contributed by atoms with E-state index in [4.69, 9.17) is 4.74 Å². The topological polar surface area (TPSA) is 58.6 Å². The smallest absolute Gasteiger partial charge is 0.134 e.